The maximum absolute atomic E-state index is 12.4. The summed E-state index contributed by atoms with van der Waals surface area (Å²) >= 11 is 0. The predicted molar refractivity (Wildman–Crippen MR) is 91.6 cm³/mol. The van der Waals surface area contributed by atoms with E-state index in [1.54, 1.807) is 13.0 Å². The van der Waals surface area contributed by atoms with Crippen molar-refractivity contribution in [2.24, 2.45) is 0 Å². The van der Waals surface area contributed by atoms with E-state index in [1.165, 1.54) is 24.3 Å². The van der Waals surface area contributed by atoms with E-state index < -0.39 is 11.6 Å². The van der Waals surface area contributed by atoms with Crippen LogP contribution in [0.5, 0.6) is 11.5 Å². The van der Waals surface area contributed by atoms with Gasteiger partial charge in [-0.3, -0.25) is 0 Å². The first-order chi connectivity index (χ1) is 11.5. The molecule has 2 N–H and O–H groups in total. The Hall–Kier alpha value is -2.85. The Morgan fingerprint density at radius 1 is 1.17 bits per heavy atom. The quantitative estimate of drug-likeness (QED) is 0.671. The Balaban J connectivity index is 1.74. The maximum atomic E-state index is 12.4. The zero-order valence-corrected chi connectivity index (χ0v) is 13.3. The molecule has 0 aliphatic heterocycles. The lowest BCUT2D eigenvalue weighted by Gasteiger charge is -2.24. The number of hydrogen-bond donors (Lipinski definition) is 2. The molecule has 0 saturated carbocycles. The van der Waals surface area contributed by atoms with Gasteiger partial charge in [-0.25, -0.2) is 4.79 Å². The van der Waals surface area contributed by atoms with E-state index in [9.17, 15) is 15.0 Å². The van der Waals surface area contributed by atoms with Gasteiger partial charge in [0.25, 0.3) is 0 Å². The fraction of sp³-hybridized carbons (Fsp3) is 0.150. The predicted octanol–water partition coefficient (Wildman–Crippen LogP) is 3.38. The summed E-state index contributed by atoms with van der Waals surface area (Å²) in [7, 11) is 0. The van der Waals surface area contributed by atoms with Crippen LogP contribution in [0, 0.1) is 6.92 Å². The van der Waals surface area contributed by atoms with Gasteiger partial charge in [0.1, 0.15) is 11.5 Å². The van der Waals surface area contributed by atoms with Gasteiger partial charge in [-0.05, 0) is 47.9 Å². The van der Waals surface area contributed by atoms with Crippen LogP contribution < -0.4 is 4.74 Å². The number of esters is 1. The number of carbonyl (C=O) groups excluding carboxylic acids is 1. The summed E-state index contributed by atoms with van der Waals surface area (Å²) in [5, 5.41) is 20.0. The summed E-state index contributed by atoms with van der Waals surface area (Å²) in [5.41, 5.74) is 0.905. The average Bonchev–Trinajstić information content (AvgIpc) is 2.59. The minimum Gasteiger partial charge on any atom is -0.508 e. The van der Waals surface area contributed by atoms with Crippen molar-refractivity contribution < 1.29 is 19.7 Å². The smallest absolute Gasteiger partial charge is 0.347 e. The molecule has 4 nitrogen and oxygen atoms in total. The average molecular weight is 322 g/mol. The molecule has 24 heavy (non-hydrogen) atoms. The highest BCUT2D eigenvalue weighted by atomic mass is 16.6. The highest BCUT2D eigenvalue weighted by Crippen LogP contribution is 2.29. The second kappa shape index (κ2) is 6.34. The number of phenolic OH excluding ortho intramolecular Hbond substituents is 1. The Bertz CT molecular complexity index is 821. The first-order valence-electron chi connectivity index (χ1n) is 7.67. The molecule has 0 heterocycles. The fourth-order valence-electron chi connectivity index (χ4n) is 2.56. The van der Waals surface area contributed by atoms with Crippen LogP contribution in [-0.4, -0.2) is 21.8 Å². The number of aliphatic hydroxyl groups is 1. The van der Waals surface area contributed by atoms with E-state index in [2.05, 4.69) is 0 Å². The molecule has 0 fully saturated rings. The molecule has 0 aromatic heterocycles. The van der Waals surface area contributed by atoms with Crippen LogP contribution in [0.1, 0.15) is 17.5 Å². The molecule has 122 valence electrons. The van der Waals surface area contributed by atoms with E-state index in [0.29, 0.717) is 11.3 Å². The zero-order valence-electron chi connectivity index (χ0n) is 13.3. The highest BCUT2D eigenvalue weighted by molar-refractivity contribution is 5.88. The van der Waals surface area contributed by atoms with E-state index in [1.807, 2.05) is 36.4 Å². The van der Waals surface area contributed by atoms with Gasteiger partial charge in [-0.1, -0.05) is 42.5 Å². The molecule has 2 aromatic rings. The van der Waals surface area contributed by atoms with Gasteiger partial charge in [-0.15, -0.1) is 0 Å². The van der Waals surface area contributed by atoms with Crippen LogP contribution in [0.15, 0.2) is 66.8 Å². The van der Waals surface area contributed by atoms with Crippen molar-refractivity contribution in [1.82, 2.24) is 0 Å². The minimum absolute atomic E-state index is 0.0963. The van der Waals surface area contributed by atoms with Gasteiger partial charge in [0.15, 0.2) is 5.60 Å². The van der Waals surface area contributed by atoms with E-state index in [4.69, 9.17) is 4.74 Å². The van der Waals surface area contributed by atoms with Gasteiger partial charge in [-0.2, -0.15) is 0 Å². The van der Waals surface area contributed by atoms with Crippen molar-refractivity contribution >= 4 is 11.5 Å². The molecule has 1 aliphatic rings. The molecule has 3 rings (SSSR count). The lowest BCUT2D eigenvalue weighted by atomic mass is 9.89. The largest absolute Gasteiger partial charge is 0.508 e. The number of benzene rings is 2. The van der Waals surface area contributed by atoms with Crippen molar-refractivity contribution in [3.63, 3.8) is 0 Å². The first-order valence-corrected chi connectivity index (χ1v) is 7.67. The molecule has 1 unspecified atom stereocenters. The minimum atomic E-state index is -1.69. The third-order valence-electron chi connectivity index (χ3n) is 3.99. The summed E-state index contributed by atoms with van der Waals surface area (Å²) < 4.78 is 5.30. The molecule has 1 atom stereocenters. The van der Waals surface area contributed by atoms with Crippen LogP contribution in [-0.2, 0) is 4.79 Å². The van der Waals surface area contributed by atoms with E-state index >= 15 is 0 Å². The Morgan fingerprint density at radius 3 is 2.54 bits per heavy atom. The van der Waals surface area contributed by atoms with Gasteiger partial charge in [0.2, 0.25) is 0 Å². The van der Waals surface area contributed by atoms with Gasteiger partial charge in [0, 0.05) is 6.42 Å². The van der Waals surface area contributed by atoms with Gasteiger partial charge < -0.3 is 14.9 Å². The lowest BCUT2D eigenvalue weighted by Crippen LogP contribution is -2.40. The standard InChI is InChI=1S/C20H18O4/c1-14-13-17(21)7-8-18(14)24-19(22)20(23)11-9-16(10-12-20)15-5-3-2-4-6-15/h2-11,13,21,23H,12H2,1H3. The Morgan fingerprint density at radius 2 is 1.92 bits per heavy atom. The molecule has 0 spiro atoms. The number of hydrogen-bond acceptors (Lipinski definition) is 4. The fourth-order valence-corrected chi connectivity index (χ4v) is 2.56. The number of aryl methyl sites for hydroxylation is 1. The lowest BCUT2D eigenvalue weighted by molar-refractivity contribution is -0.150. The van der Waals surface area contributed by atoms with Crippen molar-refractivity contribution in [2.45, 2.75) is 18.9 Å². The number of rotatable bonds is 3. The summed E-state index contributed by atoms with van der Waals surface area (Å²) in [6, 6.07) is 14.2. The van der Waals surface area contributed by atoms with Crippen LogP contribution >= 0.6 is 0 Å². The Kier molecular flexibility index (Phi) is 4.23. The number of aromatic hydroxyl groups is 1. The van der Waals surface area contributed by atoms with Gasteiger partial charge in [0.05, 0.1) is 0 Å². The summed E-state index contributed by atoms with van der Waals surface area (Å²) in [6.07, 6.45) is 5.15. The third-order valence-corrected chi connectivity index (χ3v) is 3.99. The maximum Gasteiger partial charge on any atom is 0.347 e. The SMILES string of the molecule is Cc1cc(O)ccc1OC(=O)C1(O)C=CC(c2ccccc2)=CC1. The van der Waals surface area contributed by atoms with Crippen molar-refractivity contribution in [1.29, 1.82) is 0 Å². The monoisotopic (exact) mass is 322 g/mol. The third kappa shape index (κ3) is 3.24. The van der Waals surface area contributed by atoms with E-state index in [-0.39, 0.29) is 12.2 Å². The molecular weight excluding hydrogens is 304 g/mol. The molecule has 1 aliphatic carbocycles. The Labute approximate surface area is 140 Å². The molecule has 4 heteroatoms. The normalized spacial score (nSPS) is 19.7. The van der Waals surface area contributed by atoms with Gasteiger partial charge >= 0.3 is 5.97 Å². The molecule has 0 bridgehead atoms. The number of carbonyl (C=O) groups is 1. The summed E-state index contributed by atoms with van der Waals surface area (Å²) in [5.74, 6) is -0.327. The molecule has 0 saturated heterocycles. The first kappa shape index (κ1) is 16.0. The summed E-state index contributed by atoms with van der Waals surface area (Å²) in [4.78, 5) is 12.4. The number of allylic oxidation sites excluding steroid dienone is 2. The van der Waals surface area contributed by atoms with Crippen molar-refractivity contribution in [2.75, 3.05) is 0 Å². The van der Waals surface area contributed by atoms with Crippen LogP contribution in [0.2, 0.25) is 0 Å². The zero-order chi connectivity index (χ0) is 17.2. The van der Waals surface area contributed by atoms with Crippen LogP contribution in [0.3, 0.4) is 0 Å². The summed E-state index contributed by atoms with van der Waals surface area (Å²) in [6.45, 7) is 1.72. The van der Waals surface area contributed by atoms with Crippen LogP contribution in [0.4, 0.5) is 0 Å². The second-order valence-electron chi connectivity index (χ2n) is 5.83. The molecule has 2 aromatic carbocycles. The second-order valence-corrected chi connectivity index (χ2v) is 5.83. The van der Waals surface area contributed by atoms with E-state index in [0.717, 1.165) is 11.1 Å². The van der Waals surface area contributed by atoms with Crippen molar-refractivity contribution in [3.05, 3.63) is 77.9 Å². The van der Waals surface area contributed by atoms with Crippen LogP contribution in [0.25, 0.3) is 5.57 Å². The molecular formula is C20H18O4. The topological polar surface area (TPSA) is 66.8 Å². The molecule has 0 amide bonds. The number of ether oxygens (including phenoxy) is 1. The highest BCUT2D eigenvalue weighted by Gasteiger charge is 2.36. The molecule has 0 radical (unpaired) electrons. The number of phenols is 1. The van der Waals surface area contributed by atoms with Crippen molar-refractivity contribution in [3.8, 4) is 11.5 Å².